The highest BCUT2D eigenvalue weighted by atomic mass is 32.2. The number of aromatic nitrogens is 1. The van der Waals surface area contributed by atoms with Crippen molar-refractivity contribution in [3.05, 3.63) is 40.3 Å². The van der Waals surface area contributed by atoms with Crippen molar-refractivity contribution in [3.63, 3.8) is 0 Å². The summed E-state index contributed by atoms with van der Waals surface area (Å²) in [5.41, 5.74) is 9.28. The third-order valence-electron chi connectivity index (χ3n) is 5.33. The van der Waals surface area contributed by atoms with Gasteiger partial charge in [-0.05, 0) is 56.2 Å². The van der Waals surface area contributed by atoms with Crippen molar-refractivity contribution in [2.75, 3.05) is 0 Å². The summed E-state index contributed by atoms with van der Waals surface area (Å²) in [6, 6.07) is 4.37. The van der Waals surface area contributed by atoms with Gasteiger partial charge < -0.3 is 5.73 Å². The summed E-state index contributed by atoms with van der Waals surface area (Å²) in [7, 11) is 0. The Labute approximate surface area is 163 Å². The molecule has 1 aliphatic heterocycles. The van der Waals surface area contributed by atoms with Crippen LogP contribution in [-0.4, -0.2) is 14.9 Å². The number of thioether (sulfide) groups is 1. The van der Waals surface area contributed by atoms with Gasteiger partial charge in [0.15, 0.2) is 5.17 Å². The number of nitrogens with two attached hydrogens (primary N) is 1. The van der Waals surface area contributed by atoms with Crippen molar-refractivity contribution in [2.24, 2.45) is 10.7 Å². The maximum absolute atomic E-state index is 6.27. The molecule has 0 amide bonds. The van der Waals surface area contributed by atoms with E-state index in [1.807, 2.05) is 31.1 Å². The molecule has 2 aliphatic rings. The quantitative estimate of drug-likeness (QED) is 0.731. The molecule has 1 spiro atoms. The Balaban J connectivity index is 1.67. The van der Waals surface area contributed by atoms with E-state index >= 15 is 0 Å². The van der Waals surface area contributed by atoms with Crippen molar-refractivity contribution in [1.29, 1.82) is 0 Å². The van der Waals surface area contributed by atoms with Gasteiger partial charge in [0.2, 0.25) is 0 Å². The second-order valence-electron chi connectivity index (χ2n) is 7.43. The second kappa shape index (κ2) is 6.75. The summed E-state index contributed by atoms with van der Waals surface area (Å²) < 4.78 is 0.281. The molecule has 1 unspecified atom stereocenters. The Morgan fingerprint density at radius 2 is 1.96 bits per heavy atom. The minimum absolute atomic E-state index is 0.225. The maximum Gasteiger partial charge on any atom is 0.155 e. The van der Waals surface area contributed by atoms with Gasteiger partial charge >= 0.3 is 0 Å². The van der Waals surface area contributed by atoms with Gasteiger partial charge in [0.25, 0.3) is 0 Å². The second-order valence-corrected chi connectivity index (χ2v) is 9.83. The molecule has 5 heteroatoms. The lowest BCUT2D eigenvalue weighted by Gasteiger charge is -2.40. The zero-order valence-corrected chi connectivity index (χ0v) is 16.8. The van der Waals surface area contributed by atoms with E-state index in [1.54, 1.807) is 11.3 Å². The number of rotatable bonds is 2. The molecule has 1 atom stereocenters. The largest absolute Gasteiger partial charge is 0.378 e. The third-order valence-corrected chi connectivity index (χ3v) is 7.80. The SMILES string of the molecule is CC#Cc1cncc(-c2csc(C3(C)CC4(CCCC4)SC(N)=N3)c2)c1. The minimum atomic E-state index is -0.225. The highest BCUT2D eigenvalue weighted by Gasteiger charge is 2.46. The molecule has 0 aromatic carbocycles. The van der Waals surface area contributed by atoms with E-state index in [1.165, 1.54) is 36.1 Å². The molecule has 2 aromatic rings. The number of hydrogen-bond donors (Lipinski definition) is 1. The molecule has 134 valence electrons. The molecule has 4 rings (SSSR count). The van der Waals surface area contributed by atoms with Gasteiger partial charge in [-0.1, -0.05) is 30.5 Å². The van der Waals surface area contributed by atoms with E-state index in [0.29, 0.717) is 0 Å². The summed E-state index contributed by atoms with van der Waals surface area (Å²) in [5, 5.41) is 2.95. The van der Waals surface area contributed by atoms with Crippen LogP contribution < -0.4 is 5.73 Å². The number of pyridine rings is 1. The number of thiophene rings is 1. The first-order chi connectivity index (χ1) is 12.5. The fourth-order valence-corrected chi connectivity index (χ4v) is 6.77. The summed E-state index contributed by atoms with van der Waals surface area (Å²) in [6.45, 7) is 4.09. The first-order valence-corrected chi connectivity index (χ1v) is 10.7. The van der Waals surface area contributed by atoms with Crippen molar-refractivity contribution >= 4 is 28.3 Å². The van der Waals surface area contributed by atoms with Crippen LogP contribution in [0.3, 0.4) is 0 Å². The standard InChI is InChI=1S/C21H23N3S2/c1-3-6-15-9-16(12-23-11-15)17-10-18(25-13-17)20(2)14-21(7-4-5-8-21)26-19(22)24-20/h9-13H,4-5,7-8,14H2,1-2H3,(H2,22,24). The van der Waals surface area contributed by atoms with Gasteiger partial charge in [0.05, 0.1) is 5.54 Å². The van der Waals surface area contributed by atoms with Crippen molar-refractivity contribution < 1.29 is 0 Å². The van der Waals surface area contributed by atoms with Crippen LogP contribution in [-0.2, 0) is 5.54 Å². The molecular formula is C21H23N3S2. The van der Waals surface area contributed by atoms with Gasteiger partial charge in [-0.3, -0.25) is 9.98 Å². The fraction of sp³-hybridized carbons (Fsp3) is 0.429. The zero-order valence-electron chi connectivity index (χ0n) is 15.2. The molecule has 0 saturated heterocycles. The van der Waals surface area contributed by atoms with Crippen LogP contribution in [0.1, 0.15) is 56.4 Å². The Morgan fingerprint density at radius 1 is 1.15 bits per heavy atom. The molecule has 1 aliphatic carbocycles. The topological polar surface area (TPSA) is 51.3 Å². The van der Waals surface area contributed by atoms with Crippen molar-refractivity contribution in [2.45, 2.75) is 56.2 Å². The molecule has 2 N–H and O–H groups in total. The number of amidine groups is 1. The number of aliphatic imine (C=N–C) groups is 1. The number of nitrogens with zero attached hydrogens (tertiary/aromatic N) is 2. The van der Waals surface area contributed by atoms with Gasteiger partial charge in [0.1, 0.15) is 0 Å². The molecule has 3 heterocycles. The lowest BCUT2D eigenvalue weighted by Crippen LogP contribution is -2.39. The molecule has 1 fully saturated rings. The molecular weight excluding hydrogens is 358 g/mol. The molecule has 2 aromatic heterocycles. The minimum Gasteiger partial charge on any atom is -0.378 e. The van der Waals surface area contributed by atoms with E-state index in [-0.39, 0.29) is 10.3 Å². The Morgan fingerprint density at radius 3 is 2.73 bits per heavy atom. The van der Waals surface area contributed by atoms with E-state index in [4.69, 9.17) is 10.7 Å². The van der Waals surface area contributed by atoms with Gasteiger partial charge in [0, 0.05) is 33.1 Å². The van der Waals surface area contributed by atoms with Gasteiger partial charge in [-0.2, -0.15) is 0 Å². The van der Waals surface area contributed by atoms with E-state index in [2.05, 4.69) is 41.3 Å². The monoisotopic (exact) mass is 381 g/mol. The van der Waals surface area contributed by atoms with Crippen LogP contribution in [0.4, 0.5) is 0 Å². The van der Waals surface area contributed by atoms with Crippen LogP contribution in [0, 0.1) is 11.8 Å². The van der Waals surface area contributed by atoms with Crippen LogP contribution in [0.5, 0.6) is 0 Å². The predicted molar refractivity (Wildman–Crippen MR) is 112 cm³/mol. The summed E-state index contributed by atoms with van der Waals surface area (Å²) in [6.07, 6.45) is 9.91. The summed E-state index contributed by atoms with van der Waals surface area (Å²) in [4.78, 5) is 10.5. The highest BCUT2D eigenvalue weighted by molar-refractivity contribution is 8.15. The Kier molecular flexibility index (Phi) is 4.58. The number of hydrogen-bond acceptors (Lipinski definition) is 5. The van der Waals surface area contributed by atoms with E-state index in [0.717, 1.165) is 22.7 Å². The van der Waals surface area contributed by atoms with E-state index < -0.39 is 0 Å². The zero-order chi connectivity index (χ0) is 18.2. The summed E-state index contributed by atoms with van der Waals surface area (Å²) >= 11 is 3.59. The Hall–Kier alpha value is -1.77. The highest BCUT2D eigenvalue weighted by Crippen LogP contribution is 2.54. The average molecular weight is 382 g/mol. The van der Waals surface area contributed by atoms with Crippen LogP contribution in [0.15, 0.2) is 34.9 Å². The predicted octanol–water partition coefficient (Wildman–Crippen LogP) is 5.16. The van der Waals surface area contributed by atoms with Crippen LogP contribution >= 0.6 is 23.1 Å². The van der Waals surface area contributed by atoms with Crippen molar-refractivity contribution in [1.82, 2.24) is 4.98 Å². The average Bonchev–Trinajstić information content (AvgIpc) is 3.25. The maximum atomic E-state index is 6.27. The third kappa shape index (κ3) is 3.28. The summed E-state index contributed by atoms with van der Waals surface area (Å²) in [5.74, 6) is 6.02. The lowest BCUT2D eigenvalue weighted by atomic mass is 9.85. The van der Waals surface area contributed by atoms with Gasteiger partial charge in [-0.15, -0.1) is 17.3 Å². The molecule has 26 heavy (non-hydrogen) atoms. The molecule has 3 nitrogen and oxygen atoms in total. The van der Waals surface area contributed by atoms with Crippen molar-refractivity contribution in [3.8, 4) is 23.0 Å². The molecule has 0 bridgehead atoms. The van der Waals surface area contributed by atoms with E-state index in [9.17, 15) is 0 Å². The normalized spacial score (nSPS) is 24.2. The lowest BCUT2D eigenvalue weighted by molar-refractivity contribution is 0.382. The first kappa shape index (κ1) is 17.6. The Bertz CT molecular complexity index is 913. The molecule has 0 radical (unpaired) electrons. The fourth-order valence-electron chi connectivity index (χ4n) is 4.21. The van der Waals surface area contributed by atoms with Crippen LogP contribution in [0.2, 0.25) is 0 Å². The smallest absolute Gasteiger partial charge is 0.155 e. The van der Waals surface area contributed by atoms with Gasteiger partial charge in [-0.25, -0.2) is 0 Å². The first-order valence-electron chi connectivity index (χ1n) is 9.04. The molecule has 1 saturated carbocycles. The van der Waals surface area contributed by atoms with Crippen LogP contribution in [0.25, 0.3) is 11.1 Å².